The largest absolute Gasteiger partial charge is 0.390 e. The Kier molecular flexibility index (Phi) is 4.90. The number of hydrogen-bond acceptors (Lipinski definition) is 8. The van der Waals surface area contributed by atoms with Gasteiger partial charge in [0.1, 0.15) is 15.2 Å². The fourth-order valence-electron chi connectivity index (χ4n) is 3.87. The monoisotopic (exact) mass is 481 g/mol. The zero-order valence-corrected chi connectivity index (χ0v) is 19.2. The number of fused-ring (bicyclic) bond motifs is 3. The van der Waals surface area contributed by atoms with E-state index in [-0.39, 0.29) is 23.1 Å². The highest BCUT2D eigenvalue weighted by Crippen LogP contribution is 2.47. The summed E-state index contributed by atoms with van der Waals surface area (Å²) in [5.74, 6) is 0.815. The fourth-order valence-corrected chi connectivity index (χ4v) is 7.15. The van der Waals surface area contributed by atoms with Crippen molar-refractivity contribution in [2.45, 2.75) is 18.4 Å². The van der Waals surface area contributed by atoms with Crippen LogP contribution in [-0.2, 0) is 27.2 Å². The molecule has 8 nitrogen and oxygen atoms in total. The van der Waals surface area contributed by atoms with Crippen molar-refractivity contribution < 1.29 is 5.11 Å². The summed E-state index contributed by atoms with van der Waals surface area (Å²) in [6.45, 7) is 0.500. The van der Waals surface area contributed by atoms with Crippen LogP contribution in [0.4, 0.5) is 0 Å². The molecule has 0 spiro atoms. The lowest BCUT2D eigenvalue weighted by atomic mass is 10.2. The van der Waals surface area contributed by atoms with Crippen LogP contribution in [0.2, 0.25) is 5.15 Å². The van der Waals surface area contributed by atoms with Crippen LogP contribution in [0.15, 0.2) is 20.3 Å². The molecule has 30 heavy (non-hydrogen) atoms. The van der Waals surface area contributed by atoms with Crippen LogP contribution in [0.5, 0.6) is 0 Å². The van der Waals surface area contributed by atoms with E-state index in [2.05, 4.69) is 14.5 Å². The molecule has 1 aliphatic rings. The average molecular weight is 482 g/mol. The maximum Gasteiger partial charge on any atom is 0.331 e. The number of thiazole rings is 2. The summed E-state index contributed by atoms with van der Waals surface area (Å²) in [6.07, 6.45) is 0. The lowest BCUT2D eigenvalue weighted by Gasteiger charge is -2.24. The number of thioether (sulfide) groups is 1. The minimum Gasteiger partial charge on any atom is -0.390 e. The van der Waals surface area contributed by atoms with Gasteiger partial charge in [0, 0.05) is 37.2 Å². The highest BCUT2D eigenvalue weighted by Gasteiger charge is 2.34. The third kappa shape index (κ3) is 2.83. The normalized spacial score (nSPS) is 16.3. The van der Waals surface area contributed by atoms with E-state index in [9.17, 15) is 14.7 Å². The van der Waals surface area contributed by atoms with Crippen molar-refractivity contribution in [3.63, 3.8) is 0 Å². The minimum atomic E-state index is -0.380. The topological polar surface area (TPSA) is 94.9 Å². The van der Waals surface area contributed by atoms with Gasteiger partial charge in [-0.15, -0.1) is 34.4 Å². The molecule has 1 aliphatic heterocycles. The number of nitrogens with zero attached hydrogens (tertiary/aromatic N) is 5. The number of rotatable bonds is 3. The molecule has 5 heterocycles. The first-order valence-electron chi connectivity index (χ1n) is 9.02. The molecule has 1 atom stereocenters. The number of aliphatic hydroxyl groups excluding tert-OH is 1. The summed E-state index contributed by atoms with van der Waals surface area (Å²) >= 11 is 10.6. The molecule has 156 valence electrons. The van der Waals surface area contributed by atoms with Crippen LogP contribution in [0.1, 0.15) is 21.6 Å². The summed E-state index contributed by atoms with van der Waals surface area (Å²) < 4.78 is 4.74. The predicted molar refractivity (Wildman–Crippen MR) is 121 cm³/mol. The third-order valence-electron chi connectivity index (χ3n) is 5.19. The fraction of sp³-hybridized carbons (Fsp3) is 0.333. The molecule has 0 aromatic carbocycles. The molecule has 12 heteroatoms. The van der Waals surface area contributed by atoms with Crippen LogP contribution < -0.4 is 11.2 Å². The Bertz CT molecular complexity index is 1410. The van der Waals surface area contributed by atoms with E-state index in [1.165, 1.54) is 34.3 Å². The van der Waals surface area contributed by atoms with E-state index in [1.54, 1.807) is 29.6 Å². The van der Waals surface area contributed by atoms with Crippen molar-refractivity contribution in [1.29, 1.82) is 0 Å². The molecule has 4 aromatic heterocycles. The zero-order chi connectivity index (χ0) is 21.2. The second-order valence-corrected chi connectivity index (χ2v) is 10.2. The van der Waals surface area contributed by atoms with Gasteiger partial charge in [0.2, 0.25) is 0 Å². The smallest absolute Gasteiger partial charge is 0.331 e. The van der Waals surface area contributed by atoms with E-state index < -0.39 is 0 Å². The van der Waals surface area contributed by atoms with Gasteiger partial charge in [-0.3, -0.25) is 13.9 Å². The first kappa shape index (κ1) is 20.0. The summed E-state index contributed by atoms with van der Waals surface area (Å²) in [7, 11) is 3.17. The van der Waals surface area contributed by atoms with Gasteiger partial charge in [-0.1, -0.05) is 11.6 Å². The van der Waals surface area contributed by atoms with E-state index in [1.807, 2.05) is 0 Å². The molecule has 0 saturated heterocycles. The summed E-state index contributed by atoms with van der Waals surface area (Å²) in [5.41, 5.74) is 1.96. The molecule has 0 fully saturated rings. The molecular formula is C18H16ClN5O3S3. The van der Waals surface area contributed by atoms with Crippen LogP contribution in [0.25, 0.3) is 21.6 Å². The molecule has 4 aromatic rings. The van der Waals surface area contributed by atoms with Gasteiger partial charge in [0.25, 0.3) is 5.56 Å². The minimum absolute atomic E-state index is 0.150. The van der Waals surface area contributed by atoms with Crippen molar-refractivity contribution in [2.75, 3.05) is 5.75 Å². The molecule has 0 amide bonds. The quantitative estimate of drug-likeness (QED) is 0.483. The lowest BCUT2D eigenvalue weighted by molar-refractivity contribution is 0.278. The first-order valence-corrected chi connectivity index (χ1v) is 12.2. The Morgan fingerprint density at radius 1 is 1.20 bits per heavy atom. The number of hydrogen-bond donors (Lipinski definition) is 1. The first-order chi connectivity index (χ1) is 14.4. The SMILES string of the molecule is Cn1c(=O)c2c(-c3nc(CO)cs3)n3c(c2n(C)c1=O)[C@H](c1nc(Cl)cs1)SCC3. The molecule has 0 radical (unpaired) electrons. The number of aromatic nitrogens is 5. The summed E-state index contributed by atoms with van der Waals surface area (Å²) in [6, 6.07) is 0. The van der Waals surface area contributed by atoms with Gasteiger partial charge < -0.3 is 9.67 Å². The van der Waals surface area contributed by atoms with Crippen LogP contribution in [-0.4, -0.2) is 34.5 Å². The van der Waals surface area contributed by atoms with Crippen LogP contribution in [0.3, 0.4) is 0 Å². The van der Waals surface area contributed by atoms with Crippen molar-refractivity contribution in [3.8, 4) is 10.7 Å². The Morgan fingerprint density at radius 3 is 2.67 bits per heavy atom. The third-order valence-corrected chi connectivity index (χ3v) is 8.66. The Labute approximate surface area is 187 Å². The van der Waals surface area contributed by atoms with E-state index >= 15 is 0 Å². The van der Waals surface area contributed by atoms with Gasteiger partial charge in [-0.25, -0.2) is 14.8 Å². The highest BCUT2D eigenvalue weighted by atomic mass is 35.5. The second-order valence-electron chi connectivity index (χ2n) is 6.88. The van der Waals surface area contributed by atoms with Crippen LogP contribution >= 0.6 is 46.0 Å². The van der Waals surface area contributed by atoms with Crippen molar-refractivity contribution in [3.05, 3.63) is 53.1 Å². The molecule has 0 aliphatic carbocycles. The predicted octanol–water partition coefficient (Wildman–Crippen LogP) is 2.60. The zero-order valence-electron chi connectivity index (χ0n) is 16.0. The summed E-state index contributed by atoms with van der Waals surface area (Å²) in [4.78, 5) is 35.0. The Balaban J connectivity index is 1.94. The van der Waals surface area contributed by atoms with Crippen LogP contribution in [0, 0.1) is 0 Å². The molecule has 0 unspecified atom stereocenters. The number of aryl methyl sites for hydroxylation is 1. The van der Waals surface area contributed by atoms with E-state index in [4.69, 9.17) is 11.6 Å². The van der Waals surface area contributed by atoms with Gasteiger partial charge in [0.05, 0.1) is 39.8 Å². The van der Waals surface area contributed by atoms with Crippen molar-refractivity contribution >= 4 is 56.9 Å². The molecule has 1 N–H and O–H groups in total. The van der Waals surface area contributed by atoms with Crippen molar-refractivity contribution in [2.24, 2.45) is 14.1 Å². The Morgan fingerprint density at radius 2 is 2.00 bits per heavy atom. The molecule has 0 saturated carbocycles. The maximum atomic E-state index is 13.3. The summed E-state index contributed by atoms with van der Waals surface area (Å²) in [5, 5.41) is 15.3. The number of aliphatic hydroxyl groups is 1. The standard InChI is InChI=1S/C18H16ClN5O3S3/c1-22-11-10(17(26)23(2)18(22)27)12(15-20-8(5-25)6-29-15)24-3-4-28-14(13(11)24)16-21-9(19)7-30-16/h6-7,14,25H,3-5H2,1-2H3/t14-/m1/s1. The van der Waals surface area contributed by atoms with Gasteiger partial charge in [-0.05, 0) is 0 Å². The van der Waals surface area contributed by atoms with Crippen molar-refractivity contribution in [1.82, 2.24) is 23.7 Å². The Hall–Kier alpha value is -1.92. The van der Waals surface area contributed by atoms with Gasteiger partial charge >= 0.3 is 5.69 Å². The second kappa shape index (κ2) is 7.34. The number of halogens is 1. The molecule has 0 bridgehead atoms. The van der Waals surface area contributed by atoms with Gasteiger partial charge in [-0.2, -0.15) is 0 Å². The highest BCUT2D eigenvalue weighted by molar-refractivity contribution is 7.99. The van der Waals surface area contributed by atoms with E-state index in [0.717, 1.165) is 21.0 Å². The van der Waals surface area contributed by atoms with Gasteiger partial charge in [0.15, 0.2) is 0 Å². The maximum absolute atomic E-state index is 13.3. The van der Waals surface area contributed by atoms with E-state index in [0.29, 0.717) is 39.0 Å². The molecular weight excluding hydrogens is 466 g/mol. The molecule has 5 rings (SSSR count). The average Bonchev–Trinajstić information content (AvgIpc) is 3.46. The lowest BCUT2D eigenvalue weighted by Crippen LogP contribution is -2.37.